The molecule has 4 rings (SSSR count). The SMILES string of the molecule is COc1ccc(C2SC(C)=Nc3c2c(=O)[nH]n3C2CCOCC2)cc1O. The summed E-state index contributed by atoms with van der Waals surface area (Å²) < 4.78 is 12.5. The van der Waals surface area contributed by atoms with Gasteiger partial charge in [0.15, 0.2) is 17.3 Å². The third-order valence-corrected chi connectivity index (χ3v) is 5.99. The average Bonchev–Trinajstić information content (AvgIpc) is 2.98. The van der Waals surface area contributed by atoms with E-state index in [1.807, 2.05) is 17.7 Å². The number of fused-ring (bicyclic) bond motifs is 1. The molecule has 1 saturated heterocycles. The molecular weight excluding hydrogens is 354 g/mol. The average molecular weight is 375 g/mol. The molecule has 2 aromatic rings. The fourth-order valence-corrected chi connectivity index (χ4v) is 4.61. The van der Waals surface area contributed by atoms with Crippen molar-refractivity contribution in [3.8, 4) is 11.5 Å². The summed E-state index contributed by atoms with van der Waals surface area (Å²) in [6, 6.07) is 5.44. The number of hydrogen-bond acceptors (Lipinski definition) is 6. The molecule has 2 N–H and O–H groups in total. The van der Waals surface area contributed by atoms with Crippen molar-refractivity contribution in [2.75, 3.05) is 20.3 Å². The quantitative estimate of drug-likeness (QED) is 0.860. The molecule has 0 amide bonds. The van der Waals surface area contributed by atoms with Crippen molar-refractivity contribution >= 4 is 22.6 Å². The van der Waals surface area contributed by atoms with Crippen molar-refractivity contribution in [2.45, 2.75) is 31.1 Å². The van der Waals surface area contributed by atoms with Gasteiger partial charge in [0.05, 0.1) is 29.0 Å². The molecule has 138 valence electrons. The van der Waals surface area contributed by atoms with E-state index >= 15 is 0 Å². The van der Waals surface area contributed by atoms with E-state index in [-0.39, 0.29) is 22.6 Å². The smallest absolute Gasteiger partial charge is 0.271 e. The lowest BCUT2D eigenvalue weighted by Crippen LogP contribution is -2.21. The summed E-state index contributed by atoms with van der Waals surface area (Å²) in [5.74, 6) is 1.17. The van der Waals surface area contributed by atoms with Gasteiger partial charge in [-0.1, -0.05) is 17.8 Å². The third kappa shape index (κ3) is 2.93. The lowest BCUT2D eigenvalue weighted by Gasteiger charge is -2.26. The summed E-state index contributed by atoms with van der Waals surface area (Å²) in [6.45, 7) is 3.32. The molecule has 0 saturated carbocycles. The highest BCUT2D eigenvalue weighted by molar-refractivity contribution is 8.14. The van der Waals surface area contributed by atoms with Crippen molar-refractivity contribution in [3.63, 3.8) is 0 Å². The van der Waals surface area contributed by atoms with Gasteiger partial charge in [-0.15, -0.1) is 0 Å². The Morgan fingerprint density at radius 1 is 1.38 bits per heavy atom. The molecule has 7 nitrogen and oxygen atoms in total. The lowest BCUT2D eigenvalue weighted by molar-refractivity contribution is 0.0666. The first-order valence-electron chi connectivity index (χ1n) is 8.59. The Kier molecular flexibility index (Phi) is 4.54. The van der Waals surface area contributed by atoms with Crippen LogP contribution in [0, 0.1) is 0 Å². The Morgan fingerprint density at radius 3 is 2.85 bits per heavy atom. The second kappa shape index (κ2) is 6.85. The van der Waals surface area contributed by atoms with Gasteiger partial charge < -0.3 is 14.6 Å². The zero-order chi connectivity index (χ0) is 18.3. The summed E-state index contributed by atoms with van der Waals surface area (Å²) in [6.07, 6.45) is 1.71. The van der Waals surface area contributed by atoms with Crippen molar-refractivity contribution in [1.29, 1.82) is 0 Å². The van der Waals surface area contributed by atoms with Crippen LogP contribution in [0.25, 0.3) is 0 Å². The van der Waals surface area contributed by atoms with Crippen LogP contribution in [0.4, 0.5) is 5.82 Å². The number of phenolic OH excluding ortho intramolecular Hbond substituents is 1. The summed E-state index contributed by atoms with van der Waals surface area (Å²) in [5, 5.41) is 13.8. The number of ether oxygens (including phenoxy) is 2. The zero-order valence-corrected chi connectivity index (χ0v) is 15.5. The molecule has 1 unspecified atom stereocenters. The number of aromatic amines is 1. The second-order valence-electron chi connectivity index (χ2n) is 6.45. The maximum atomic E-state index is 12.7. The van der Waals surface area contributed by atoms with Crippen LogP contribution in [0.15, 0.2) is 28.0 Å². The molecule has 0 bridgehead atoms. The van der Waals surface area contributed by atoms with Crippen LogP contribution in [0.1, 0.15) is 42.2 Å². The zero-order valence-electron chi connectivity index (χ0n) is 14.7. The van der Waals surface area contributed by atoms with Crippen LogP contribution in [0.2, 0.25) is 0 Å². The fraction of sp³-hybridized carbons (Fsp3) is 0.444. The number of phenols is 1. The first-order chi connectivity index (χ1) is 12.6. The number of aromatic nitrogens is 2. The second-order valence-corrected chi connectivity index (χ2v) is 7.75. The van der Waals surface area contributed by atoms with Gasteiger partial charge in [0.2, 0.25) is 0 Å². The monoisotopic (exact) mass is 375 g/mol. The number of nitrogens with one attached hydrogen (secondary N) is 1. The summed E-state index contributed by atoms with van der Waals surface area (Å²) in [5.41, 5.74) is 1.35. The van der Waals surface area contributed by atoms with Crippen LogP contribution >= 0.6 is 11.8 Å². The first-order valence-corrected chi connectivity index (χ1v) is 9.47. The van der Waals surface area contributed by atoms with E-state index in [1.165, 1.54) is 18.9 Å². The molecule has 1 atom stereocenters. The molecule has 8 heteroatoms. The summed E-state index contributed by atoms with van der Waals surface area (Å²) >= 11 is 1.52. The number of aliphatic imine (C=N–C) groups is 1. The van der Waals surface area contributed by atoms with Gasteiger partial charge in [0, 0.05) is 13.2 Å². The number of methoxy groups -OCH3 is 1. The Morgan fingerprint density at radius 2 is 2.15 bits per heavy atom. The van der Waals surface area contributed by atoms with Gasteiger partial charge in [-0.3, -0.25) is 14.6 Å². The number of rotatable bonds is 3. The minimum absolute atomic E-state index is 0.0626. The normalized spacial score (nSPS) is 20.5. The highest BCUT2D eigenvalue weighted by atomic mass is 32.2. The third-order valence-electron chi connectivity index (χ3n) is 4.81. The van der Waals surface area contributed by atoms with Crippen LogP contribution < -0.4 is 10.3 Å². The van der Waals surface area contributed by atoms with Gasteiger partial charge in [0.25, 0.3) is 5.56 Å². The molecular formula is C18H21N3O4S. The van der Waals surface area contributed by atoms with Gasteiger partial charge in [-0.25, -0.2) is 4.99 Å². The number of thioether (sulfide) groups is 1. The van der Waals surface area contributed by atoms with Gasteiger partial charge in [-0.05, 0) is 37.5 Å². The van der Waals surface area contributed by atoms with E-state index in [1.54, 1.807) is 12.1 Å². The number of H-pyrrole nitrogens is 1. The Labute approximate surface area is 155 Å². The Bertz CT molecular complexity index is 912. The predicted molar refractivity (Wildman–Crippen MR) is 101 cm³/mol. The van der Waals surface area contributed by atoms with E-state index < -0.39 is 0 Å². The van der Waals surface area contributed by atoms with Gasteiger partial charge in [0.1, 0.15) is 0 Å². The summed E-state index contributed by atoms with van der Waals surface area (Å²) in [7, 11) is 1.51. The molecule has 0 radical (unpaired) electrons. The number of nitrogens with zero attached hydrogens (tertiary/aromatic N) is 2. The van der Waals surface area contributed by atoms with Crippen molar-refractivity contribution in [2.24, 2.45) is 4.99 Å². The van der Waals surface area contributed by atoms with Crippen LogP contribution in [-0.2, 0) is 4.74 Å². The van der Waals surface area contributed by atoms with E-state index in [4.69, 9.17) is 9.47 Å². The molecule has 0 aliphatic carbocycles. The van der Waals surface area contributed by atoms with E-state index in [0.29, 0.717) is 30.3 Å². The largest absolute Gasteiger partial charge is 0.504 e. The maximum Gasteiger partial charge on any atom is 0.271 e. The Balaban J connectivity index is 1.79. The number of benzene rings is 1. The topological polar surface area (TPSA) is 88.8 Å². The van der Waals surface area contributed by atoms with E-state index in [2.05, 4.69) is 10.1 Å². The highest BCUT2D eigenvalue weighted by Gasteiger charge is 2.32. The van der Waals surface area contributed by atoms with E-state index in [0.717, 1.165) is 23.4 Å². The molecule has 2 aliphatic rings. The minimum atomic E-state index is -0.218. The fourth-order valence-electron chi connectivity index (χ4n) is 3.52. The number of hydrogen-bond donors (Lipinski definition) is 2. The van der Waals surface area contributed by atoms with Crippen molar-refractivity contribution in [3.05, 3.63) is 39.7 Å². The maximum absolute atomic E-state index is 12.7. The lowest BCUT2D eigenvalue weighted by atomic mass is 10.0. The standard InChI is InChI=1S/C18H21N3O4S/c1-10-19-17-15(18(23)20-21(17)12-5-7-25-8-6-12)16(26-10)11-3-4-14(24-2)13(22)9-11/h3-4,9,12,16,22H,5-8H2,1-2H3,(H,20,23). The van der Waals surface area contributed by atoms with Gasteiger partial charge in [-0.2, -0.15) is 0 Å². The molecule has 1 aromatic heterocycles. The van der Waals surface area contributed by atoms with Crippen molar-refractivity contribution < 1.29 is 14.6 Å². The molecule has 0 spiro atoms. The molecule has 3 heterocycles. The van der Waals surface area contributed by atoms with Gasteiger partial charge >= 0.3 is 0 Å². The van der Waals surface area contributed by atoms with Crippen LogP contribution in [0.3, 0.4) is 0 Å². The molecule has 1 fully saturated rings. The van der Waals surface area contributed by atoms with Crippen molar-refractivity contribution in [1.82, 2.24) is 9.78 Å². The van der Waals surface area contributed by atoms with Crippen LogP contribution in [-0.4, -0.2) is 40.3 Å². The van der Waals surface area contributed by atoms with Crippen LogP contribution in [0.5, 0.6) is 11.5 Å². The highest BCUT2D eigenvalue weighted by Crippen LogP contribution is 2.46. The first kappa shape index (κ1) is 17.2. The molecule has 26 heavy (non-hydrogen) atoms. The predicted octanol–water partition coefficient (Wildman–Crippen LogP) is 3.13. The minimum Gasteiger partial charge on any atom is -0.504 e. The summed E-state index contributed by atoms with van der Waals surface area (Å²) in [4.78, 5) is 17.4. The molecule has 2 aliphatic heterocycles. The molecule has 1 aromatic carbocycles. The Hall–Kier alpha value is -2.19. The number of aromatic hydroxyl groups is 1. The van der Waals surface area contributed by atoms with E-state index in [9.17, 15) is 9.90 Å².